The predicted molar refractivity (Wildman–Crippen MR) is 99.8 cm³/mol. The maximum atomic E-state index is 5.82. The minimum absolute atomic E-state index is 0.219. The summed E-state index contributed by atoms with van der Waals surface area (Å²) in [6, 6.07) is 10.4. The summed E-state index contributed by atoms with van der Waals surface area (Å²) in [7, 11) is 0. The molecule has 1 heterocycles. The maximum absolute atomic E-state index is 5.82. The Labute approximate surface area is 145 Å². The highest BCUT2D eigenvalue weighted by atomic mass is 32.1. The Morgan fingerprint density at radius 2 is 2.09 bits per heavy atom. The first-order valence-electron chi connectivity index (χ1n) is 8.53. The molecule has 1 aliphatic heterocycles. The minimum atomic E-state index is 0.219. The molecule has 23 heavy (non-hydrogen) atoms. The van der Waals surface area contributed by atoms with Gasteiger partial charge in [-0.2, -0.15) is 0 Å². The van der Waals surface area contributed by atoms with E-state index in [1.165, 1.54) is 5.56 Å². The molecule has 128 valence electrons. The highest BCUT2D eigenvalue weighted by Gasteiger charge is 2.20. The molecule has 0 aliphatic carbocycles. The van der Waals surface area contributed by atoms with Crippen LogP contribution >= 0.6 is 12.2 Å². The molecule has 0 amide bonds. The zero-order valence-corrected chi connectivity index (χ0v) is 15.1. The van der Waals surface area contributed by atoms with Gasteiger partial charge in [0.1, 0.15) is 0 Å². The predicted octanol–water partition coefficient (Wildman–Crippen LogP) is 2.05. The van der Waals surface area contributed by atoms with Crippen molar-refractivity contribution < 1.29 is 4.74 Å². The molecule has 0 radical (unpaired) electrons. The molecular formula is C18H29N3OS. The number of morpholine rings is 1. The van der Waals surface area contributed by atoms with Crippen molar-refractivity contribution in [3.05, 3.63) is 35.9 Å². The fraction of sp³-hybridized carbons (Fsp3) is 0.611. The van der Waals surface area contributed by atoms with Crippen LogP contribution in [-0.4, -0.2) is 55.4 Å². The third-order valence-electron chi connectivity index (χ3n) is 3.88. The van der Waals surface area contributed by atoms with Crippen LogP contribution in [0.2, 0.25) is 0 Å². The Morgan fingerprint density at radius 1 is 1.30 bits per heavy atom. The molecular weight excluding hydrogens is 306 g/mol. The summed E-state index contributed by atoms with van der Waals surface area (Å²) in [5.41, 5.74) is 1.32. The smallest absolute Gasteiger partial charge is 0.166 e. The van der Waals surface area contributed by atoms with E-state index in [-0.39, 0.29) is 6.10 Å². The molecule has 4 nitrogen and oxygen atoms in total. The van der Waals surface area contributed by atoms with Crippen molar-refractivity contribution in [3.8, 4) is 0 Å². The van der Waals surface area contributed by atoms with E-state index < -0.39 is 0 Å². The second-order valence-corrected chi connectivity index (χ2v) is 6.93. The number of thiocarbonyl (C=S) groups is 1. The van der Waals surface area contributed by atoms with Gasteiger partial charge in [-0.3, -0.25) is 4.90 Å². The largest absolute Gasteiger partial charge is 0.374 e. The number of ether oxygens (including phenoxy) is 1. The Kier molecular flexibility index (Phi) is 7.79. The van der Waals surface area contributed by atoms with Gasteiger partial charge in [-0.05, 0) is 30.1 Å². The van der Waals surface area contributed by atoms with Crippen molar-refractivity contribution in [3.63, 3.8) is 0 Å². The average Bonchev–Trinajstić information content (AvgIpc) is 2.54. The van der Waals surface area contributed by atoms with Crippen LogP contribution in [0, 0.1) is 5.92 Å². The van der Waals surface area contributed by atoms with Crippen LogP contribution in [0.3, 0.4) is 0 Å². The molecule has 1 aromatic carbocycles. The van der Waals surface area contributed by atoms with E-state index in [2.05, 4.69) is 53.6 Å². The summed E-state index contributed by atoms with van der Waals surface area (Å²) in [6.07, 6.45) is 1.20. The van der Waals surface area contributed by atoms with Crippen molar-refractivity contribution >= 4 is 17.3 Å². The highest BCUT2D eigenvalue weighted by Crippen LogP contribution is 2.07. The molecule has 0 saturated carbocycles. The van der Waals surface area contributed by atoms with Crippen molar-refractivity contribution in [2.45, 2.75) is 26.4 Å². The van der Waals surface area contributed by atoms with E-state index >= 15 is 0 Å². The van der Waals surface area contributed by atoms with Crippen LogP contribution in [0.5, 0.6) is 0 Å². The van der Waals surface area contributed by atoms with Crippen LogP contribution in [0.4, 0.5) is 0 Å². The van der Waals surface area contributed by atoms with Crippen LogP contribution in [-0.2, 0) is 11.2 Å². The van der Waals surface area contributed by atoms with E-state index in [0.717, 1.165) is 45.8 Å². The third kappa shape index (κ3) is 7.29. The van der Waals surface area contributed by atoms with Crippen LogP contribution in [0.15, 0.2) is 30.3 Å². The van der Waals surface area contributed by atoms with Gasteiger partial charge in [-0.15, -0.1) is 0 Å². The molecule has 0 aromatic heterocycles. The van der Waals surface area contributed by atoms with Gasteiger partial charge in [-0.25, -0.2) is 0 Å². The van der Waals surface area contributed by atoms with Crippen LogP contribution < -0.4 is 10.6 Å². The van der Waals surface area contributed by atoms with E-state index in [9.17, 15) is 0 Å². The van der Waals surface area contributed by atoms with Crippen molar-refractivity contribution in [1.82, 2.24) is 15.5 Å². The molecule has 0 bridgehead atoms. The topological polar surface area (TPSA) is 36.5 Å². The lowest BCUT2D eigenvalue weighted by atomic mass is 10.1. The number of rotatable bonds is 7. The summed E-state index contributed by atoms with van der Waals surface area (Å²) < 4.78 is 5.82. The molecule has 1 aromatic rings. The van der Waals surface area contributed by atoms with Gasteiger partial charge in [0, 0.05) is 32.7 Å². The van der Waals surface area contributed by atoms with E-state index in [1.54, 1.807) is 0 Å². The monoisotopic (exact) mass is 335 g/mol. The SMILES string of the molecule is CC(C)CN1CCO[C@@H](CNC(=S)NCCc2ccccc2)C1. The van der Waals surface area contributed by atoms with Gasteiger partial charge in [0.15, 0.2) is 5.11 Å². The molecule has 5 heteroatoms. The summed E-state index contributed by atoms with van der Waals surface area (Å²) in [4.78, 5) is 2.48. The zero-order valence-electron chi connectivity index (χ0n) is 14.3. The van der Waals surface area contributed by atoms with E-state index in [4.69, 9.17) is 17.0 Å². The normalized spacial score (nSPS) is 18.8. The van der Waals surface area contributed by atoms with Crippen molar-refractivity contribution in [2.24, 2.45) is 5.92 Å². The van der Waals surface area contributed by atoms with Gasteiger partial charge < -0.3 is 15.4 Å². The quantitative estimate of drug-likeness (QED) is 0.746. The molecule has 1 fully saturated rings. The Balaban J connectivity index is 1.60. The zero-order chi connectivity index (χ0) is 16.5. The summed E-state index contributed by atoms with van der Waals surface area (Å²) in [5, 5.41) is 7.26. The van der Waals surface area contributed by atoms with Gasteiger partial charge in [0.25, 0.3) is 0 Å². The van der Waals surface area contributed by atoms with Gasteiger partial charge in [-0.1, -0.05) is 44.2 Å². The van der Waals surface area contributed by atoms with Crippen LogP contribution in [0.25, 0.3) is 0 Å². The number of hydrogen-bond acceptors (Lipinski definition) is 3. The van der Waals surface area contributed by atoms with Crippen LogP contribution in [0.1, 0.15) is 19.4 Å². The fourth-order valence-electron chi connectivity index (χ4n) is 2.82. The summed E-state index contributed by atoms with van der Waals surface area (Å²) in [5.74, 6) is 0.697. The van der Waals surface area contributed by atoms with Crippen molar-refractivity contribution in [1.29, 1.82) is 0 Å². The lowest BCUT2D eigenvalue weighted by Crippen LogP contribution is -2.49. The molecule has 2 N–H and O–H groups in total. The average molecular weight is 336 g/mol. The lowest BCUT2D eigenvalue weighted by molar-refractivity contribution is -0.0283. The molecule has 1 saturated heterocycles. The number of benzene rings is 1. The first-order chi connectivity index (χ1) is 11.1. The first-order valence-corrected chi connectivity index (χ1v) is 8.94. The maximum Gasteiger partial charge on any atom is 0.166 e. The Hall–Kier alpha value is -1.17. The molecule has 1 atom stereocenters. The molecule has 0 spiro atoms. The Morgan fingerprint density at radius 3 is 2.83 bits per heavy atom. The van der Waals surface area contributed by atoms with Gasteiger partial charge in [0.05, 0.1) is 12.7 Å². The highest BCUT2D eigenvalue weighted by molar-refractivity contribution is 7.80. The summed E-state index contributed by atoms with van der Waals surface area (Å²) >= 11 is 5.35. The number of hydrogen-bond donors (Lipinski definition) is 2. The standard InChI is InChI=1S/C18H29N3OS/c1-15(2)13-21-10-11-22-17(14-21)12-20-18(23)19-9-8-16-6-4-3-5-7-16/h3-7,15,17H,8-14H2,1-2H3,(H2,19,20,23)/t17-/m0/s1. The molecule has 1 aliphatic rings. The Bertz CT molecular complexity index is 467. The second kappa shape index (κ2) is 9.85. The number of nitrogens with one attached hydrogen (secondary N) is 2. The lowest BCUT2D eigenvalue weighted by Gasteiger charge is -2.34. The van der Waals surface area contributed by atoms with Gasteiger partial charge >= 0.3 is 0 Å². The fourth-order valence-corrected chi connectivity index (χ4v) is 3.01. The molecule has 2 rings (SSSR count). The van der Waals surface area contributed by atoms with E-state index in [0.29, 0.717) is 11.0 Å². The van der Waals surface area contributed by atoms with Crippen molar-refractivity contribution in [2.75, 3.05) is 39.3 Å². The second-order valence-electron chi connectivity index (χ2n) is 6.52. The summed E-state index contributed by atoms with van der Waals surface area (Å²) in [6.45, 7) is 10.1. The number of nitrogens with zero attached hydrogens (tertiary/aromatic N) is 1. The molecule has 0 unspecified atom stereocenters. The first kappa shape index (κ1) is 18.2. The van der Waals surface area contributed by atoms with E-state index in [1.807, 2.05) is 6.07 Å². The third-order valence-corrected chi connectivity index (χ3v) is 4.17. The van der Waals surface area contributed by atoms with Gasteiger partial charge in [0.2, 0.25) is 0 Å². The minimum Gasteiger partial charge on any atom is -0.374 e.